The van der Waals surface area contributed by atoms with Crippen molar-refractivity contribution in [3.63, 3.8) is 0 Å². The van der Waals surface area contributed by atoms with Gasteiger partial charge in [-0.1, -0.05) is 42.5 Å². The van der Waals surface area contributed by atoms with Gasteiger partial charge in [0.2, 0.25) is 0 Å². The lowest BCUT2D eigenvalue weighted by Crippen LogP contribution is -2.21. The Morgan fingerprint density at radius 3 is 2.68 bits per heavy atom. The fourth-order valence-corrected chi connectivity index (χ4v) is 5.56. The second-order valence-electron chi connectivity index (χ2n) is 6.92. The Kier molecular flexibility index (Phi) is 10.1. The van der Waals surface area contributed by atoms with Gasteiger partial charge in [0, 0.05) is 25.4 Å². The van der Waals surface area contributed by atoms with E-state index in [-0.39, 0.29) is 35.2 Å². The van der Waals surface area contributed by atoms with Gasteiger partial charge in [-0.3, -0.25) is 9.59 Å². The predicted molar refractivity (Wildman–Crippen MR) is 115 cm³/mol. The molecule has 0 aliphatic heterocycles. The third-order valence-corrected chi connectivity index (χ3v) is 7.20. The summed E-state index contributed by atoms with van der Waals surface area (Å²) in [6.07, 6.45) is 4.73. The summed E-state index contributed by atoms with van der Waals surface area (Å²) in [6.45, 7) is -0.0406. The largest absolute Gasteiger partial charge is 0.481 e. The molecule has 1 saturated carbocycles. The molecule has 5 nitrogen and oxygen atoms in total. The number of aliphatic carboxylic acids is 1. The first kappa shape index (κ1) is 23.0. The predicted octanol–water partition coefficient (Wildman–Crippen LogP) is 2.65. The van der Waals surface area contributed by atoms with E-state index in [1.807, 2.05) is 36.4 Å². The molecule has 2 rings (SSSR count). The molecule has 1 aliphatic rings. The Morgan fingerprint density at radius 1 is 1.25 bits per heavy atom. The van der Waals surface area contributed by atoms with Crippen LogP contribution >= 0.6 is 23.5 Å². The minimum absolute atomic E-state index is 0.0406. The smallest absolute Gasteiger partial charge is 0.313 e. The van der Waals surface area contributed by atoms with E-state index in [0.29, 0.717) is 12.8 Å². The lowest BCUT2D eigenvalue weighted by Gasteiger charge is -2.19. The first-order valence-electron chi connectivity index (χ1n) is 9.46. The Bertz CT molecular complexity index is 649. The molecule has 0 radical (unpaired) electrons. The minimum Gasteiger partial charge on any atom is -0.481 e. The maximum atomic E-state index is 12.4. The molecule has 28 heavy (non-hydrogen) atoms. The molecular formula is C21H28O5S2. The average Bonchev–Trinajstić information content (AvgIpc) is 2.98. The van der Waals surface area contributed by atoms with Gasteiger partial charge in [0.25, 0.3) is 0 Å². The average molecular weight is 425 g/mol. The first-order chi connectivity index (χ1) is 13.5. The van der Waals surface area contributed by atoms with Gasteiger partial charge in [0.15, 0.2) is 0 Å². The quantitative estimate of drug-likeness (QED) is 0.351. The van der Waals surface area contributed by atoms with E-state index >= 15 is 0 Å². The van der Waals surface area contributed by atoms with Crippen molar-refractivity contribution in [2.45, 2.75) is 30.6 Å². The normalized spacial score (nSPS) is 23.4. The summed E-state index contributed by atoms with van der Waals surface area (Å²) in [6, 6.07) is 9.74. The number of allylic oxidation sites excluding steroid dienone is 1. The highest BCUT2D eigenvalue weighted by atomic mass is 32.2. The Balaban J connectivity index is 1.86. The molecule has 0 saturated heterocycles. The molecule has 0 bridgehead atoms. The number of carboxylic acid groups (broad SMARTS) is 1. The van der Waals surface area contributed by atoms with E-state index < -0.39 is 12.1 Å². The van der Waals surface area contributed by atoms with Gasteiger partial charge < -0.3 is 15.3 Å². The van der Waals surface area contributed by atoms with Gasteiger partial charge in [0.1, 0.15) is 5.78 Å². The van der Waals surface area contributed by atoms with Gasteiger partial charge in [-0.2, -0.15) is 11.8 Å². The van der Waals surface area contributed by atoms with Crippen LogP contribution < -0.4 is 0 Å². The van der Waals surface area contributed by atoms with Crippen molar-refractivity contribution in [1.29, 1.82) is 0 Å². The summed E-state index contributed by atoms with van der Waals surface area (Å²) in [7, 11) is 0. The third kappa shape index (κ3) is 7.62. The zero-order valence-corrected chi connectivity index (χ0v) is 17.4. The molecule has 7 heteroatoms. The summed E-state index contributed by atoms with van der Waals surface area (Å²) in [5, 5.41) is 28.4. The number of aliphatic hydroxyl groups is 2. The third-order valence-electron chi connectivity index (χ3n) is 4.71. The fraction of sp³-hybridized carbons (Fsp3) is 0.524. The number of aliphatic hydroxyl groups excluding tert-OH is 2. The molecule has 0 spiro atoms. The van der Waals surface area contributed by atoms with E-state index in [1.165, 1.54) is 11.8 Å². The van der Waals surface area contributed by atoms with Gasteiger partial charge in [-0.05, 0) is 29.4 Å². The van der Waals surface area contributed by atoms with Crippen LogP contribution in [0.1, 0.15) is 18.4 Å². The van der Waals surface area contributed by atoms with Gasteiger partial charge >= 0.3 is 5.97 Å². The molecule has 1 aromatic rings. The SMILES string of the molecule is O=C(O)CSCCCS[C@H]1C(=O)C[C@@H](CO)[C@@H]1/C=C/C(O)Cc1ccccc1. The van der Waals surface area contributed by atoms with E-state index in [1.54, 1.807) is 17.8 Å². The number of rotatable bonds is 12. The lowest BCUT2D eigenvalue weighted by molar-refractivity contribution is -0.133. The van der Waals surface area contributed by atoms with Crippen molar-refractivity contribution in [3.05, 3.63) is 48.0 Å². The minimum atomic E-state index is -0.811. The highest BCUT2D eigenvalue weighted by Crippen LogP contribution is 2.38. The van der Waals surface area contributed by atoms with E-state index in [2.05, 4.69) is 0 Å². The van der Waals surface area contributed by atoms with Crippen molar-refractivity contribution in [2.24, 2.45) is 11.8 Å². The van der Waals surface area contributed by atoms with Crippen molar-refractivity contribution >= 4 is 35.3 Å². The van der Waals surface area contributed by atoms with Crippen molar-refractivity contribution in [3.8, 4) is 0 Å². The van der Waals surface area contributed by atoms with Crippen LogP contribution in [0.5, 0.6) is 0 Å². The van der Waals surface area contributed by atoms with E-state index in [0.717, 1.165) is 23.5 Å². The Morgan fingerprint density at radius 2 is 2.00 bits per heavy atom. The summed E-state index contributed by atoms with van der Waals surface area (Å²) in [4.78, 5) is 22.9. The zero-order chi connectivity index (χ0) is 20.4. The standard InChI is InChI=1S/C21H28O5S2/c22-13-16-12-19(24)21(28-10-4-9-27-14-20(25)26)18(16)8-7-17(23)11-15-5-2-1-3-6-15/h1-3,5-8,16-18,21-23H,4,9-14H2,(H,25,26)/b8-7+/t16-,17?,18-,21+/m0/s1. The number of thioether (sulfide) groups is 2. The lowest BCUT2D eigenvalue weighted by atomic mass is 9.95. The molecule has 154 valence electrons. The van der Waals surface area contributed by atoms with Gasteiger partial charge in [0.05, 0.1) is 17.1 Å². The fourth-order valence-electron chi connectivity index (χ4n) is 3.33. The zero-order valence-electron chi connectivity index (χ0n) is 15.8. The summed E-state index contributed by atoms with van der Waals surface area (Å²) in [5.74, 6) is 0.775. The molecule has 0 aromatic heterocycles. The van der Waals surface area contributed by atoms with Crippen LogP contribution in [0, 0.1) is 11.8 Å². The number of ketones is 1. The topological polar surface area (TPSA) is 94.8 Å². The summed E-state index contributed by atoms with van der Waals surface area (Å²) >= 11 is 2.96. The molecule has 4 atom stereocenters. The van der Waals surface area contributed by atoms with E-state index in [9.17, 15) is 19.8 Å². The molecule has 1 unspecified atom stereocenters. The van der Waals surface area contributed by atoms with Crippen LogP contribution in [-0.4, -0.2) is 62.3 Å². The number of benzene rings is 1. The molecule has 0 heterocycles. The summed E-state index contributed by atoms with van der Waals surface area (Å²) in [5.41, 5.74) is 1.05. The van der Waals surface area contributed by atoms with Crippen molar-refractivity contribution in [2.75, 3.05) is 23.9 Å². The summed E-state index contributed by atoms with van der Waals surface area (Å²) < 4.78 is 0. The number of carbonyl (C=O) groups is 2. The highest BCUT2D eigenvalue weighted by Gasteiger charge is 2.40. The molecule has 1 aromatic carbocycles. The molecule has 3 N–H and O–H groups in total. The number of Topliss-reactive ketones (excluding diaryl/α,β-unsaturated/α-hetero) is 1. The maximum absolute atomic E-state index is 12.4. The second kappa shape index (κ2) is 12.3. The number of carbonyl (C=O) groups excluding carboxylic acids is 1. The van der Waals surface area contributed by atoms with E-state index in [4.69, 9.17) is 5.11 Å². The number of hydrogen-bond acceptors (Lipinski definition) is 6. The van der Waals surface area contributed by atoms with Crippen LogP contribution in [0.3, 0.4) is 0 Å². The van der Waals surface area contributed by atoms with Crippen LogP contribution in [0.25, 0.3) is 0 Å². The number of hydrogen-bond donors (Lipinski definition) is 3. The van der Waals surface area contributed by atoms with Crippen LogP contribution in [0.2, 0.25) is 0 Å². The monoisotopic (exact) mass is 424 g/mol. The number of carboxylic acids is 1. The molecule has 1 aliphatic carbocycles. The Hall–Kier alpha value is -1.28. The molecular weight excluding hydrogens is 396 g/mol. The van der Waals surface area contributed by atoms with Gasteiger partial charge in [-0.25, -0.2) is 0 Å². The molecule has 0 amide bonds. The molecule has 1 fully saturated rings. The van der Waals surface area contributed by atoms with Crippen LogP contribution in [0.15, 0.2) is 42.5 Å². The van der Waals surface area contributed by atoms with Crippen LogP contribution in [0.4, 0.5) is 0 Å². The Labute approximate surface area is 174 Å². The van der Waals surface area contributed by atoms with Crippen LogP contribution in [-0.2, 0) is 16.0 Å². The van der Waals surface area contributed by atoms with Crippen molar-refractivity contribution in [1.82, 2.24) is 0 Å². The second-order valence-corrected chi connectivity index (χ2v) is 9.28. The van der Waals surface area contributed by atoms with Crippen molar-refractivity contribution < 1.29 is 24.9 Å². The van der Waals surface area contributed by atoms with Gasteiger partial charge in [-0.15, -0.1) is 11.8 Å². The first-order valence-corrected chi connectivity index (χ1v) is 11.7. The maximum Gasteiger partial charge on any atom is 0.313 e. The highest BCUT2D eigenvalue weighted by molar-refractivity contribution is 8.01.